The summed E-state index contributed by atoms with van der Waals surface area (Å²) in [6.07, 6.45) is 0.923. The lowest BCUT2D eigenvalue weighted by Gasteiger charge is -2.47. The van der Waals surface area contributed by atoms with Gasteiger partial charge in [-0.25, -0.2) is 0 Å². The number of fused-ring (bicyclic) bond motifs is 2. The summed E-state index contributed by atoms with van der Waals surface area (Å²) < 4.78 is 0. The first-order valence-electron chi connectivity index (χ1n) is 10.8. The highest BCUT2D eigenvalue weighted by molar-refractivity contribution is 6.12. The van der Waals surface area contributed by atoms with E-state index >= 15 is 0 Å². The highest BCUT2D eigenvalue weighted by Gasteiger charge is 2.63. The van der Waals surface area contributed by atoms with Gasteiger partial charge in [0.05, 0.1) is 5.92 Å². The maximum absolute atomic E-state index is 14.7. The Balaban J connectivity index is 1.60. The van der Waals surface area contributed by atoms with Crippen molar-refractivity contribution in [1.29, 1.82) is 0 Å². The van der Waals surface area contributed by atoms with E-state index in [0.29, 0.717) is 5.78 Å². The summed E-state index contributed by atoms with van der Waals surface area (Å²) in [5.74, 6) is 0.414. The van der Waals surface area contributed by atoms with Gasteiger partial charge in [-0.15, -0.1) is 0 Å². The highest BCUT2D eigenvalue weighted by Crippen LogP contribution is 2.66. The zero-order valence-electron chi connectivity index (χ0n) is 16.4. The van der Waals surface area contributed by atoms with Crippen LogP contribution >= 0.6 is 0 Å². The average Bonchev–Trinajstić information content (AvgIpc) is 3.09. The number of carbonyl (C=O) groups is 1. The molecule has 1 heteroatoms. The lowest BCUT2D eigenvalue weighted by Crippen LogP contribution is -2.45. The van der Waals surface area contributed by atoms with Crippen LogP contribution in [-0.4, -0.2) is 5.78 Å². The summed E-state index contributed by atoms with van der Waals surface area (Å²) in [6, 6.07) is 30.5. The molecule has 0 radical (unpaired) electrons. The molecule has 0 aliphatic heterocycles. The molecule has 30 heavy (non-hydrogen) atoms. The van der Waals surface area contributed by atoms with Gasteiger partial charge in [0, 0.05) is 5.92 Å². The molecular formula is C29H18O. The van der Waals surface area contributed by atoms with Gasteiger partial charge in [-0.1, -0.05) is 84.9 Å². The molecule has 0 fully saturated rings. The number of carbonyl (C=O) groups excluding carboxylic acids is 1. The number of benzene rings is 4. The summed E-state index contributed by atoms with van der Waals surface area (Å²) in [5, 5.41) is 0. The molecule has 1 atom stereocenters. The van der Waals surface area contributed by atoms with Crippen LogP contribution in [0.15, 0.2) is 84.9 Å². The summed E-state index contributed by atoms with van der Waals surface area (Å²) in [4.78, 5) is 14.7. The molecule has 0 N–H and O–H groups in total. The van der Waals surface area contributed by atoms with E-state index in [2.05, 4.69) is 84.9 Å². The minimum absolute atomic E-state index is 0.155. The minimum Gasteiger partial charge on any atom is -0.297 e. The standard InChI is InChI=1S/C29H18O/c30-28-26-18-8-2-1-7-16(18)15-17-13-14-21-25-19-9-3-5-11-22(19)29(28,27(21)24(17)26)23-12-6-4-10-20(23)25/h1-14,25-26H,15H2. The Morgan fingerprint density at radius 1 is 0.600 bits per heavy atom. The van der Waals surface area contributed by atoms with Crippen molar-refractivity contribution in [3.8, 4) is 0 Å². The molecule has 0 aromatic heterocycles. The van der Waals surface area contributed by atoms with E-state index in [1.54, 1.807) is 0 Å². The zero-order valence-corrected chi connectivity index (χ0v) is 16.4. The summed E-state index contributed by atoms with van der Waals surface area (Å²) in [7, 11) is 0. The van der Waals surface area contributed by atoms with Gasteiger partial charge in [-0.05, 0) is 62.1 Å². The van der Waals surface area contributed by atoms with Crippen molar-refractivity contribution in [3.63, 3.8) is 0 Å². The van der Waals surface area contributed by atoms with Crippen LogP contribution in [0.5, 0.6) is 0 Å². The Bertz CT molecular complexity index is 1410. The summed E-state index contributed by atoms with van der Waals surface area (Å²) in [5.41, 5.74) is 12.2. The molecule has 1 nitrogen and oxygen atoms in total. The van der Waals surface area contributed by atoms with E-state index in [9.17, 15) is 4.79 Å². The van der Waals surface area contributed by atoms with Crippen molar-refractivity contribution in [2.24, 2.45) is 0 Å². The smallest absolute Gasteiger partial charge is 0.164 e. The van der Waals surface area contributed by atoms with Crippen molar-refractivity contribution in [1.82, 2.24) is 0 Å². The molecule has 0 amide bonds. The van der Waals surface area contributed by atoms with Gasteiger partial charge < -0.3 is 0 Å². The third-order valence-corrected chi connectivity index (χ3v) is 8.07. The van der Waals surface area contributed by atoms with Gasteiger partial charge in [0.2, 0.25) is 0 Å². The van der Waals surface area contributed by atoms with Crippen molar-refractivity contribution < 1.29 is 4.79 Å². The van der Waals surface area contributed by atoms with Crippen LogP contribution in [0.1, 0.15) is 67.5 Å². The van der Waals surface area contributed by atoms with E-state index < -0.39 is 5.41 Å². The third kappa shape index (κ3) is 1.40. The molecule has 9 rings (SSSR count). The molecule has 1 unspecified atom stereocenters. The molecule has 5 aliphatic rings. The molecule has 5 aliphatic carbocycles. The van der Waals surface area contributed by atoms with E-state index in [-0.39, 0.29) is 11.8 Å². The topological polar surface area (TPSA) is 17.1 Å². The molecule has 4 aromatic carbocycles. The highest BCUT2D eigenvalue weighted by atomic mass is 16.1. The van der Waals surface area contributed by atoms with Crippen LogP contribution in [0, 0.1) is 0 Å². The zero-order chi connectivity index (χ0) is 19.6. The van der Waals surface area contributed by atoms with E-state index in [1.165, 1.54) is 55.6 Å². The Morgan fingerprint density at radius 3 is 1.97 bits per heavy atom. The van der Waals surface area contributed by atoms with Crippen LogP contribution in [0.3, 0.4) is 0 Å². The monoisotopic (exact) mass is 382 g/mol. The van der Waals surface area contributed by atoms with Crippen LogP contribution in [0.25, 0.3) is 0 Å². The Labute approximate surface area is 175 Å². The van der Waals surface area contributed by atoms with E-state index in [0.717, 1.165) is 6.42 Å². The molecule has 2 bridgehead atoms. The largest absolute Gasteiger partial charge is 0.297 e. The number of Topliss-reactive ketones (excluding diaryl/α,β-unsaturated/α-hetero) is 1. The number of hydrogen-bond donors (Lipinski definition) is 0. The molecular weight excluding hydrogens is 364 g/mol. The number of rotatable bonds is 0. The van der Waals surface area contributed by atoms with Crippen LogP contribution < -0.4 is 0 Å². The Kier molecular flexibility index (Phi) is 2.47. The van der Waals surface area contributed by atoms with Gasteiger partial charge in [0.1, 0.15) is 5.41 Å². The molecule has 140 valence electrons. The Morgan fingerprint density at radius 2 is 1.23 bits per heavy atom. The second kappa shape index (κ2) is 4.82. The predicted molar refractivity (Wildman–Crippen MR) is 116 cm³/mol. The fourth-order valence-corrected chi connectivity index (χ4v) is 7.13. The second-order valence-corrected chi connectivity index (χ2v) is 9.13. The molecule has 0 saturated carbocycles. The lowest BCUT2D eigenvalue weighted by atomic mass is 9.53. The van der Waals surface area contributed by atoms with Crippen LogP contribution in [0.2, 0.25) is 0 Å². The quantitative estimate of drug-likeness (QED) is 0.395. The van der Waals surface area contributed by atoms with Gasteiger partial charge in [-0.3, -0.25) is 4.79 Å². The first kappa shape index (κ1) is 15.4. The van der Waals surface area contributed by atoms with Crippen LogP contribution in [-0.2, 0) is 16.6 Å². The fraction of sp³-hybridized carbons (Fsp3) is 0.138. The molecule has 1 spiro atoms. The van der Waals surface area contributed by atoms with Crippen molar-refractivity contribution in [3.05, 3.63) is 141 Å². The van der Waals surface area contributed by atoms with Crippen molar-refractivity contribution >= 4 is 5.78 Å². The first-order valence-corrected chi connectivity index (χ1v) is 10.8. The normalized spacial score (nSPS) is 25.4. The molecule has 4 aromatic rings. The van der Waals surface area contributed by atoms with Gasteiger partial charge in [0.25, 0.3) is 0 Å². The minimum atomic E-state index is -0.662. The van der Waals surface area contributed by atoms with Crippen LogP contribution in [0.4, 0.5) is 0 Å². The lowest BCUT2D eigenvalue weighted by molar-refractivity contribution is -0.121. The molecule has 0 saturated heterocycles. The number of ketones is 1. The van der Waals surface area contributed by atoms with E-state index in [1.807, 2.05) is 0 Å². The first-order chi connectivity index (χ1) is 14.8. The van der Waals surface area contributed by atoms with Gasteiger partial charge in [0.15, 0.2) is 5.78 Å². The van der Waals surface area contributed by atoms with Crippen molar-refractivity contribution in [2.75, 3.05) is 0 Å². The second-order valence-electron chi connectivity index (χ2n) is 9.13. The van der Waals surface area contributed by atoms with E-state index in [4.69, 9.17) is 0 Å². The fourth-order valence-electron chi connectivity index (χ4n) is 7.13. The third-order valence-electron chi connectivity index (χ3n) is 8.07. The predicted octanol–water partition coefficient (Wildman–Crippen LogP) is 5.45. The summed E-state index contributed by atoms with van der Waals surface area (Å²) in [6.45, 7) is 0. The molecule has 0 heterocycles. The maximum atomic E-state index is 14.7. The van der Waals surface area contributed by atoms with Crippen molar-refractivity contribution in [2.45, 2.75) is 23.7 Å². The van der Waals surface area contributed by atoms with Gasteiger partial charge in [-0.2, -0.15) is 0 Å². The van der Waals surface area contributed by atoms with Gasteiger partial charge >= 0.3 is 0 Å². The summed E-state index contributed by atoms with van der Waals surface area (Å²) >= 11 is 0. The number of hydrogen-bond acceptors (Lipinski definition) is 1. The Hall–Kier alpha value is -3.45. The average molecular weight is 382 g/mol. The maximum Gasteiger partial charge on any atom is 0.164 e. The SMILES string of the molecule is O=C1C2c3ccccc3Cc3ccc4c(c32)C12c1ccccc1C4c1ccccc12.